The number of anilines is 1. The first-order chi connectivity index (χ1) is 6.59. The van der Waals surface area contributed by atoms with E-state index in [0.29, 0.717) is 6.54 Å². The van der Waals surface area contributed by atoms with Crippen molar-refractivity contribution >= 4 is 11.5 Å². The lowest BCUT2D eigenvalue weighted by Crippen LogP contribution is -2.43. The van der Waals surface area contributed by atoms with Crippen LogP contribution in [-0.2, 0) is 4.79 Å². The number of nitrogens with zero attached hydrogens (tertiary/aromatic N) is 1. The fourth-order valence-electron chi connectivity index (χ4n) is 1.54. The van der Waals surface area contributed by atoms with Crippen molar-refractivity contribution in [3.05, 3.63) is 30.3 Å². The fraction of sp³-hybridized carbons (Fsp3) is 0.364. The molecular formula is C11H14N2O. The van der Waals surface area contributed by atoms with Crippen LogP contribution in [0.2, 0.25) is 0 Å². The van der Waals surface area contributed by atoms with Crippen LogP contribution < -0.4 is 10.4 Å². The number of para-hydroxylation sites is 1. The van der Waals surface area contributed by atoms with E-state index in [1.165, 1.54) is 0 Å². The Kier molecular flexibility index (Phi) is 2.04. The number of rotatable bonds is 1. The fourth-order valence-corrected chi connectivity index (χ4v) is 1.54. The molecule has 0 aliphatic carbocycles. The maximum Gasteiger partial charge on any atom is 0.174 e. The highest BCUT2D eigenvalue weighted by Crippen LogP contribution is 2.20. The first-order valence-corrected chi connectivity index (χ1v) is 4.73. The molecule has 0 aromatic heterocycles. The van der Waals surface area contributed by atoms with Gasteiger partial charge < -0.3 is 5.01 Å². The van der Waals surface area contributed by atoms with E-state index in [0.717, 1.165) is 5.69 Å². The smallest absolute Gasteiger partial charge is 0.174 e. The molecule has 0 unspecified atom stereocenters. The van der Waals surface area contributed by atoms with Crippen LogP contribution in [0.5, 0.6) is 0 Å². The Bertz CT molecular complexity index is 346. The molecule has 1 aromatic rings. The molecule has 3 heteroatoms. The van der Waals surface area contributed by atoms with Crippen molar-refractivity contribution in [1.29, 1.82) is 0 Å². The second-order valence-electron chi connectivity index (χ2n) is 4.08. The molecule has 0 spiro atoms. The number of benzene rings is 1. The van der Waals surface area contributed by atoms with E-state index in [1.54, 1.807) is 0 Å². The molecule has 1 heterocycles. The summed E-state index contributed by atoms with van der Waals surface area (Å²) >= 11 is 0. The van der Waals surface area contributed by atoms with E-state index in [9.17, 15) is 4.79 Å². The summed E-state index contributed by atoms with van der Waals surface area (Å²) in [5, 5.41) is 1.89. The van der Waals surface area contributed by atoms with Gasteiger partial charge >= 0.3 is 0 Å². The molecule has 1 N–H and O–H groups in total. The Morgan fingerprint density at radius 1 is 1.29 bits per heavy atom. The van der Waals surface area contributed by atoms with Gasteiger partial charge in [-0.05, 0) is 26.0 Å². The van der Waals surface area contributed by atoms with E-state index in [-0.39, 0.29) is 5.78 Å². The van der Waals surface area contributed by atoms with Gasteiger partial charge in [0.2, 0.25) is 0 Å². The van der Waals surface area contributed by atoms with Gasteiger partial charge in [0.25, 0.3) is 0 Å². The lowest BCUT2D eigenvalue weighted by atomic mass is 10.0. The van der Waals surface area contributed by atoms with Crippen molar-refractivity contribution < 1.29 is 4.79 Å². The van der Waals surface area contributed by atoms with Gasteiger partial charge in [-0.25, -0.2) is 5.43 Å². The molecule has 14 heavy (non-hydrogen) atoms. The quantitative estimate of drug-likeness (QED) is 0.725. The zero-order valence-electron chi connectivity index (χ0n) is 8.45. The van der Waals surface area contributed by atoms with Crippen LogP contribution in [0.3, 0.4) is 0 Å². The van der Waals surface area contributed by atoms with Gasteiger partial charge in [-0.2, -0.15) is 0 Å². The van der Waals surface area contributed by atoms with Gasteiger partial charge in [0.15, 0.2) is 5.78 Å². The SMILES string of the molecule is CC1(C)NN(c2ccccc2)CC1=O. The van der Waals surface area contributed by atoms with Crippen LogP contribution in [0.25, 0.3) is 0 Å². The average Bonchev–Trinajstić information content (AvgIpc) is 2.43. The predicted molar refractivity (Wildman–Crippen MR) is 56.0 cm³/mol. The first-order valence-electron chi connectivity index (χ1n) is 4.73. The predicted octanol–water partition coefficient (Wildman–Crippen LogP) is 1.36. The molecule has 1 saturated heterocycles. The Labute approximate surface area is 83.7 Å². The summed E-state index contributed by atoms with van der Waals surface area (Å²) in [5.41, 5.74) is 3.78. The van der Waals surface area contributed by atoms with Crippen LogP contribution in [0.1, 0.15) is 13.8 Å². The largest absolute Gasteiger partial charge is 0.300 e. The van der Waals surface area contributed by atoms with Gasteiger partial charge in [0.1, 0.15) is 0 Å². The van der Waals surface area contributed by atoms with Crippen LogP contribution >= 0.6 is 0 Å². The van der Waals surface area contributed by atoms with Crippen LogP contribution in [0.4, 0.5) is 5.69 Å². The highest BCUT2D eigenvalue weighted by Gasteiger charge is 2.37. The van der Waals surface area contributed by atoms with Crippen LogP contribution in [-0.4, -0.2) is 17.9 Å². The molecule has 3 nitrogen and oxygen atoms in total. The molecule has 0 saturated carbocycles. The van der Waals surface area contributed by atoms with Crippen molar-refractivity contribution in [3.8, 4) is 0 Å². The number of hydrogen-bond donors (Lipinski definition) is 1. The molecule has 2 rings (SSSR count). The molecule has 0 atom stereocenters. The van der Waals surface area contributed by atoms with E-state index < -0.39 is 5.54 Å². The third-order valence-electron chi connectivity index (χ3n) is 2.48. The summed E-state index contributed by atoms with van der Waals surface area (Å²) in [7, 11) is 0. The summed E-state index contributed by atoms with van der Waals surface area (Å²) in [6.45, 7) is 4.24. The lowest BCUT2D eigenvalue weighted by molar-refractivity contribution is -0.120. The molecule has 0 amide bonds. The van der Waals surface area contributed by atoms with Crippen molar-refractivity contribution in [3.63, 3.8) is 0 Å². The highest BCUT2D eigenvalue weighted by atomic mass is 16.1. The average molecular weight is 190 g/mol. The van der Waals surface area contributed by atoms with E-state index in [4.69, 9.17) is 0 Å². The zero-order chi connectivity index (χ0) is 10.2. The van der Waals surface area contributed by atoms with Crippen LogP contribution in [0, 0.1) is 0 Å². The third kappa shape index (κ3) is 1.51. The first kappa shape index (κ1) is 9.21. The van der Waals surface area contributed by atoms with Crippen molar-refractivity contribution in [2.75, 3.05) is 11.6 Å². The minimum absolute atomic E-state index is 0.223. The molecule has 74 valence electrons. The Morgan fingerprint density at radius 2 is 1.93 bits per heavy atom. The Hall–Kier alpha value is -1.35. The molecule has 1 fully saturated rings. The van der Waals surface area contributed by atoms with Crippen molar-refractivity contribution in [1.82, 2.24) is 5.43 Å². The van der Waals surface area contributed by atoms with Gasteiger partial charge in [0.05, 0.1) is 17.8 Å². The summed E-state index contributed by atoms with van der Waals surface area (Å²) in [6.07, 6.45) is 0. The number of hydrazine groups is 1. The molecule has 0 bridgehead atoms. The van der Waals surface area contributed by atoms with Gasteiger partial charge in [-0.15, -0.1) is 0 Å². The topological polar surface area (TPSA) is 32.3 Å². The standard InChI is InChI=1S/C11H14N2O/c1-11(2)10(14)8-13(12-11)9-6-4-3-5-7-9/h3-7,12H,8H2,1-2H3. The minimum Gasteiger partial charge on any atom is -0.300 e. The summed E-state index contributed by atoms with van der Waals surface area (Å²) in [4.78, 5) is 11.6. The normalized spacial score (nSPS) is 20.1. The number of carbonyl (C=O) groups excluding carboxylic acids is 1. The number of ketones is 1. The van der Waals surface area contributed by atoms with Crippen molar-refractivity contribution in [2.45, 2.75) is 19.4 Å². The molecule has 0 radical (unpaired) electrons. The maximum absolute atomic E-state index is 11.6. The zero-order valence-corrected chi connectivity index (χ0v) is 8.45. The van der Waals surface area contributed by atoms with Gasteiger partial charge in [0, 0.05) is 0 Å². The molecule has 1 aromatic carbocycles. The second-order valence-corrected chi connectivity index (χ2v) is 4.08. The van der Waals surface area contributed by atoms with Gasteiger partial charge in [-0.3, -0.25) is 4.79 Å². The third-order valence-corrected chi connectivity index (χ3v) is 2.48. The lowest BCUT2D eigenvalue weighted by Gasteiger charge is -2.21. The maximum atomic E-state index is 11.6. The highest BCUT2D eigenvalue weighted by molar-refractivity contribution is 5.94. The minimum atomic E-state index is -0.435. The summed E-state index contributed by atoms with van der Waals surface area (Å²) < 4.78 is 0. The van der Waals surface area contributed by atoms with Crippen molar-refractivity contribution in [2.24, 2.45) is 0 Å². The monoisotopic (exact) mass is 190 g/mol. The van der Waals surface area contributed by atoms with E-state index >= 15 is 0 Å². The van der Waals surface area contributed by atoms with Gasteiger partial charge in [-0.1, -0.05) is 18.2 Å². The Morgan fingerprint density at radius 3 is 2.43 bits per heavy atom. The number of carbonyl (C=O) groups is 1. The molecule has 1 aliphatic rings. The number of nitrogens with one attached hydrogen (secondary N) is 1. The number of Topliss-reactive ketones (excluding diaryl/α,β-unsaturated/α-hetero) is 1. The molecular weight excluding hydrogens is 176 g/mol. The Balaban J connectivity index is 2.21. The molecule has 1 aliphatic heterocycles. The second kappa shape index (κ2) is 3.10. The van der Waals surface area contributed by atoms with Crippen LogP contribution in [0.15, 0.2) is 30.3 Å². The van der Waals surface area contributed by atoms with E-state index in [1.807, 2.05) is 49.2 Å². The van der Waals surface area contributed by atoms with E-state index in [2.05, 4.69) is 5.43 Å². The summed E-state index contributed by atoms with van der Waals surface area (Å²) in [5.74, 6) is 0.223. The summed E-state index contributed by atoms with van der Waals surface area (Å²) in [6, 6.07) is 9.87. The number of hydrogen-bond acceptors (Lipinski definition) is 3.